The monoisotopic (exact) mass is 314 g/mol. The summed E-state index contributed by atoms with van der Waals surface area (Å²) in [5, 5.41) is 0. The van der Waals surface area contributed by atoms with Crippen molar-refractivity contribution in [3.63, 3.8) is 0 Å². The number of fused-ring (bicyclic) bond motifs is 1. The van der Waals surface area contributed by atoms with Crippen molar-refractivity contribution in [3.05, 3.63) is 64.4 Å². The predicted octanol–water partition coefficient (Wildman–Crippen LogP) is 3.66. The first-order valence-electron chi connectivity index (χ1n) is 5.93. The number of hydrogen-bond donors (Lipinski definition) is 0. The van der Waals surface area contributed by atoms with Gasteiger partial charge in [0.1, 0.15) is 0 Å². The summed E-state index contributed by atoms with van der Waals surface area (Å²) in [6.07, 6.45) is 0.804. The van der Waals surface area contributed by atoms with Crippen molar-refractivity contribution in [3.8, 4) is 0 Å². The second kappa shape index (κ2) is 4.97. The van der Waals surface area contributed by atoms with Crippen LogP contribution >= 0.6 is 15.9 Å². The minimum absolute atomic E-state index is 0.462. The van der Waals surface area contributed by atoms with Gasteiger partial charge in [-0.15, -0.1) is 0 Å². The fourth-order valence-electron chi connectivity index (χ4n) is 2.12. The van der Waals surface area contributed by atoms with Crippen molar-refractivity contribution in [2.24, 2.45) is 0 Å². The topological polar surface area (TPSA) is 34.9 Å². The van der Waals surface area contributed by atoms with Gasteiger partial charge in [0.25, 0.3) is 0 Å². The highest BCUT2D eigenvalue weighted by Crippen LogP contribution is 2.18. The van der Waals surface area contributed by atoms with Gasteiger partial charge < -0.3 is 4.57 Å². The maximum Gasteiger partial charge on any atom is 0.185 e. The molecule has 3 rings (SSSR count). The molecule has 19 heavy (non-hydrogen) atoms. The first kappa shape index (κ1) is 12.1. The number of carbonyl (C=O) groups excluding carboxylic acids is 1. The molecule has 0 atom stereocenters. The van der Waals surface area contributed by atoms with Gasteiger partial charge in [0.15, 0.2) is 12.1 Å². The second-order valence-corrected chi connectivity index (χ2v) is 5.20. The van der Waals surface area contributed by atoms with E-state index < -0.39 is 0 Å². The predicted molar refractivity (Wildman–Crippen MR) is 78.4 cm³/mol. The van der Waals surface area contributed by atoms with Crippen LogP contribution in [0, 0.1) is 0 Å². The molecule has 0 amide bonds. The fourth-order valence-corrected chi connectivity index (χ4v) is 2.39. The zero-order valence-electron chi connectivity index (χ0n) is 10.1. The van der Waals surface area contributed by atoms with Crippen LogP contribution in [0.15, 0.2) is 53.0 Å². The number of aldehydes is 1. The number of rotatable bonds is 3. The first-order chi connectivity index (χ1) is 9.28. The van der Waals surface area contributed by atoms with Gasteiger partial charge in [-0.05, 0) is 29.8 Å². The van der Waals surface area contributed by atoms with E-state index in [1.807, 2.05) is 53.1 Å². The number of carbonyl (C=O) groups is 1. The Labute approximate surface area is 119 Å². The molecule has 4 heteroatoms. The van der Waals surface area contributed by atoms with E-state index in [9.17, 15) is 4.79 Å². The Hall–Kier alpha value is -1.94. The molecule has 0 fully saturated rings. The van der Waals surface area contributed by atoms with Gasteiger partial charge >= 0.3 is 0 Å². The maximum atomic E-state index is 11.2. The lowest BCUT2D eigenvalue weighted by molar-refractivity contribution is 0.111. The molecule has 0 saturated carbocycles. The van der Waals surface area contributed by atoms with E-state index in [-0.39, 0.29) is 0 Å². The highest BCUT2D eigenvalue weighted by molar-refractivity contribution is 9.10. The lowest BCUT2D eigenvalue weighted by Gasteiger charge is -2.06. The molecule has 0 saturated heterocycles. The molecule has 0 bridgehead atoms. The lowest BCUT2D eigenvalue weighted by Crippen LogP contribution is -2.04. The van der Waals surface area contributed by atoms with Crippen molar-refractivity contribution in [1.82, 2.24) is 9.55 Å². The SMILES string of the molecule is O=Cc1nc2ccccc2n1Cc1ccc(Br)cc1. The highest BCUT2D eigenvalue weighted by atomic mass is 79.9. The Kier molecular flexibility index (Phi) is 3.17. The van der Waals surface area contributed by atoms with Crippen LogP contribution < -0.4 is 0 Å². The number of benzene rings is 2. The summed E-state index contributed by atoms with van der Waals surface area (Å²) < 4.78 is 2.98. The standard InChI is InChI=1S/C15H11BrN2O/c16-12-7-5-11(6-8-12)9-18-14-4-2-1-3-13(14)17-15(18)10-19/h1-8,10H,9H2. The molecule has 0 N–H and O–H groups in total. The Bertz CT molecular complexity index is 731. The molecule has 0 radical (unpaired) electrons. The van der Waals surface area contributed by atoms with Crippen LogP contribution in [0.2, 0.25) is 0 Å². The fraction of sp³-hybridized carbons (Fsp3) is 0.0667. The molecule has 0 aliphatic heterocycles. The van der Waals surface area contributed by atoms with Crippen molar-refractivity contribution in [2.75, 3.05) is 0 Å². The molecule has 1 heterocycles. The summed E-state index contributed by atoms with van der Waals surface area (Å²) in [5.41, 5.74) is 2.96. The average Bonchev–Trinajstić information content (AvgIpc) is 2.79. The van der Waals surface area contributed by atoms with Crippen LogP contribution in [-0.2, 0) is 6.54 Å². The molecule has 94 valence electrons. The zero-order valence-corrected chi connectivity index (χ0v) is 11.7. The van der Waals surface area contributed by atoms with E-state index in [0.29, 0.717) is 12.4 Å². The van der Waals surface area contributed by atoms with Crippen LogP contribution in [0.4, 0.5) is 0 Å². The summed E-state index contributed by atoms with van der Waals surface area (Å²) in [4.78, 5) is 15.5. The van der Waals surface area contributed by atoms with Crippen molar-refractivity contribution < 1.29 is 4.79 Å². The van der Waals surface area contributed by atoms with Crippen molar-refractivity contribution in [2.45, 2.75) is 6.54 Å². The van der Waals surface area contributed by atoms with Crippen molar-refractivity contribution >= 4 is 33.2 Å². The molecular weight excluding hydrogens is 304 g/mol. The van der Waals surface area contributed by atoms with E-state index in [1.165, 1.54) is 0 Å². The molecule has 2 aromatic carbocycles. The van der Waals surface area contributed by atoms with Gasteiger partial charge in [-0.25, -0.2) is 4.98 Å². The molecule has 3 nitrogen and oxygen atoms in total. The number of imidazole rings is 1. The van der Waals surface area contributed by atoms with Gasteiger partial charge in [0.2, 0.25) is 0 Å². The average molecular weight is 315 g/mol. The van der Waals surface area contributed by atoms with Gasteiger partial charge in [-0.3, -0.25) is 4.79 Å². The van der Waals surface area contributed by atoms with Crippen LogP contribution in [0.1, 0.15) is 16.2 Å². The van der Waals surface area contributed by atoms with Gasteiger partial charge in [0.05, 0.1) is 11.0 Å². The van der Waals surface area contributed by atoms with Crippen LogP contribution in [0.25, 0.3) is 11.0 Å². The Morgan fingerprint density at radius 3 is 2.58 bits per heavy atom. The summed E-state index contributed by atoms with van der Waals surface area (Å²) >= 11 is 3.42. The number of hydrogen-bond acceptors (Lipinski definition) is 2. The lowest BCUT2D eigenvalue weighted by atomic mass is 10.2. The molecule has 0 aliphatic carbocycles. The summed E-state index contributed by atoms with van der Waals surface area (Å²) in [5.74, 6) is 0.462. The number of halogens is 1. The smallest absolute Gasteiger partial charge is 0.185 e. The molecule has 1 aromatic heterocycles. The molecule has 0 spiro atoms. The third-order valence-electron chi connectivity index (χ3n) is 3.04. The largest absolute Gasteiger partial charge is 0.317 e. The summed E-state index contributed by atoms with van der Waals surface area (Å²) in [7, 11) is 0. The van der Waals surface area contributed by atoms with Crippen LogP contribution in [0.5, 0.6) is 0 Å². The Balaban J connectivity index is 2.08. The zero-order chi connectivity index (χ0) is 13.2. The Morgan fingerprint density at radius 2 is 1.84 bits per heavy atom. The maximum absolute atomic E-state index is 11.2. The van der Waals surface area contributed by atoms with Gasteiger partial charge in [-0.2, -0.15) is 0 Å². The minimum atomic E-state index is 0.462. The van der Waals surface area contributed by atoms with Gasteiger partial charge in [0, 0.05) is 11.0 Å². The third kappa shape index (κ3) is 2.31. The number of aromatic nitrogens is 2. The molecule has 3 aromatic rings. The molecule has 0 aliphatic rings. The molecular formula is C15H11BrN2O. The van der Waals surface area contributed by atoms with E-state index in [2.05, 4.69) is 20.9 Å². The van der Waals surface area contributed by atoms with Crippen molar-refractivity contribution in [1.29, 1.82) is 0 Å². The van der Waals surface area contributed by atoms with E-state index >= 15 is 0 Å². The number of para-hydroxylation sites is 2. The minimum Gasteiger partial charge on any atom is -0.317 e. The highest BCUT2D eigenvalue weighted by Gasteiger charge is 2.09. The molecule has 0 unspecified atom stereocenters. The normalized spacial score (nSPS) is 10.8. The first-order valence-corrected chi connectivity index (χ1v) is 6.72. The van der Waals surface area contributed by atoms with Crippen LogP contribution in [0.3, 0.4) is 0 Å². The Morgan fingerprint density at radius 1 is 1.11 bits per heavy atom. The van der Waals surface area contributed by atoms with E-state index in [1.54, 1.807) is 0 Å². The second-order valence-electron chi connectivity index (χ2n) is 4.29. The van der Waals surface area contributed by atoms with E-state index in [4.69, 9.17) is 0 Å². The third-order valence-corrected chi connectivity index (χ3v) is 3.57. The van der Waals surface area contributed by atoms with Crippen LogP contribution in [-0.4, -0.2) is 15.8 Å². The summed E-state index contributed by atoms with van der Waals surface area (Å²) in [6.45, 7) is 0.641. The quantitative estimate of drug-likeness (QED) is 0.691. The summed E-state index contributed by atoms with van der Waals surface area (Å²) in [6, 6.07) is 15.8. The number of nitrogens with zero attached hydrogens (tertiary/aromatic N) is 2. The van der Waals surface area contributed by atoms with Gasteiger partial charge in [-0.1, -0.05) is 40.2 Å². The van der Waals surface area contributed by atoms with E-state index in [0.717, 1.165) is 27.4 Å².